The Labute approximate surface area is 119 Å². The third kappa shape index (κ3) is 2.53. The molecule has 2 aromatic carbocycles. The molecule has 0 amide bonds. The molecule has 1 heterocycles. The van der Waals surface area contributed by atoms with Crippen molar-refractivity contribution in [1.82, 2.24) is 15.0 Å². The molecule has 3 aromatic rings. The highest BCUT2D eigenvalue weighted by molar-refractivity contribution is 5.76. The second-order valence-electron chi connectivity index (χ2n) is 4.70. The first-order chi connectivity index (χ1) is 10.2. The topological polar surface area (TPSA) is 73.8 Å². The number of nitrogens with zero attached hydrogens (tertiary/aromatic N) is 3. The van der Waals surface area contributed by atoms with E-state index >= 15 is 0 Å². The molecule has 5 nitrogen and oxygen atoms in total. The van der Waals surface area contributed by atoms with Gasteiger partial charge in [0.15, 0.2) is 0 Å². The maximum atomic E-state index is 13.9. The highest BCUT2D eigenvalue weighted by atomic mass is 19.1. The Hall–Kier alpha value is -2.60. The summed E-state index contributed by atoms with van der Waals surface area (Å²) in [6.07, 6.45) is 0. The molecular formula is C15H13FN4O. The normalized spacial score (nSPS) is 11.0. The fourth-order valence-electron chi connectivity index (χ4n) is 2.13. The zero-order valence-corrected chi connectivity index (χ0v) is 11.2. The fraction of sp³-hybridized carbons (Fsp3) is 0.133. The molecule has 0 saturated carbocycles. The number of hydrogen-bond donors (Lipinski definition) is 1. The lowest BCUT2D eigenvalue weighted by atomic mass is 10.1. The zero-order chi connectivity index (χ0) is 14.8. The van der Waals surface area contributed by atoms with Crippen molar-refractivity contribution < 1.29 is 4.39 Å². The molecule has 0 radical (unpaired) electrons. The van der Waals surface area contributed by atoms with Gasteiger partial charge in [0.05, 0.1) is 11.9 Å². The Kier molecular flexibility index (Phi) is 3.45. The van der Waals surface area contributed by atoms with Gasteiger partial charge in [0.2, 0.25) is 0 Å². The maximum Gasteiger partial charge on any atom is 0.277 e. The van der Waals surface area contributed by atoms with Gasteiger partial charge in [0.1, 0.15) is 11.3 Å². The number of nitrogens with two attached hydrogens (primary N) is 1. The first-order valence-electron chi connectivity index (χ1n) is 6.49. The van der Waals surface area contributed by atoms with E-state index in [1.165, 1.54) is 6.07 Å². The summed E-state index contributed by atoms with van der Waals surface area (Å²) in [5.74, 6) is -0.403. The number of halogens is 1. The van der Waals surface area contributed by atoms with Crippen LogP contribution in [0.3, 0.4) is 0 Å². The van der Waals surface area contributed by atoms with Crippen molar-refractivity contribution in [3.05, 3.63) is 69.8 Å². The summed E-state index contributed by atoms with van der Waals surface area (Å²) in [5, 5.41) is 8.28. The molecule has 0 atom stereocenters. The Morgan fingerprint density at radius 3 is 2.76 bits per heavy atom. The standard InChI is InChI=1S/C15H13FN4O/c16-13-7-10(8-17)5-6-11(13)9-20-15(21)12-3-1-2-4-14(12)18-19-20/h1-7H,8-9,17H2. The van der Waals surface area contributed by atoms with E-state index in [2.05, 4.69) is 10.3 Å². The van der Waals surface area contributed by atoms with Crippen LogP contribution >= 0.6 is 0 Å². The van der Waals surface area contributed by atoms with Gasteiger partial charge in [-0.05, 0) is 23.8 Å². The van der Waals surface area contributed by atoms with Crippen LogP contribution in [0.25, 0.3) is 10.9 Å². The van der Waals surface area contributed by atoms with E-state index in [1.807, 2.05) is 0 Å². The van der Waals surface area contributed by atoms with Gasteiger partial charge in [0.25, 0.3) is 5.56 Å². The molecule has 106 valence electrons. The lowest BCUT2D eigenvalue weighted by molar-refractivity contribution is 0.556. The molecule has 0 aliphatic rings. The van der Waals surface area contributed by atoms with E-state index in [4.69, 9.17) is 5.73 Å². The predicted octanol–water partition coefficient (Wildman–Crippen LogP) is 1.44. The summed E-state index contributed by atoms with van der Waals surface area (Å²) in [6.45, 7) is 0.306. The van der Waals surface area contributed by atoms with Crippen LogP contribution in [-0.2, 0) is 13.1 Å². The highest BCUT2D eigenvalue weighted by Gasteiger charge is 2.09. The fourth-order valence-corrected chi connectivity index (χ4v) is 2.13. The van der Waals surface area contributed by atoms with Gasteiger partial charge in [-0.25, -0.2) is 9.07 Å². The summed E-state index contributed by atoms with van der Waals surface area (Å²) >= 11 is 0. The Bertz CT molecular complexity index is 860. The van der Waals surface area contributed by atoms with Crippen LogP contribution in [0.15, 0.2) is 47.3 Å². The van der Waals surface area contributed by atoms with Gasteiger partial charge in [0, 0.05) is 12.1 Å². The van der Waals surface area contributed by atoms with Gasteiger partial charge < -0.3 is 5.73 Å². The van der Waals surface area contributed by atoms with E-state index in [9.17, 15) is 9.18 Å². The average molecular weight is 284 g/mol. The van der Waals surface area contributed by atoms with E-state index in [1.54, 1.807) is 36.4 Å². The molecule has 0 aliphatic heterocycles. The van der Waals surface area contributed by atoms with Gasteiger partial charge in [-0.3, -0.25) is 4.79 Å². The molecule has 0 aliphatic carbocycles. The molecule has 3 rings (SSSR count). The Morgan fingerprint density at radius 1 is 1.19 bits per heavy atom. The molecule has 0 spiro atoms. The minimum absolute atomic E-state index is 0.0351. The molecular weight excluding hydrogens is 271 g/mol. The first-order valence-corrected chi connectivity index (χ1v) is 6.49. The maximum absolute atomic E-state index is 13.9. The second kappa shape index (κ2) is 5.41. The quantitative estimate of drug-likeness (QED) is 0.789. The lowest BCUT2D eigenvalue weighted by Crippen LogP contribution is -2.25. The van der Waals surface area contributed by atoms with Crippen LogP contribution in [0.1, 0.15) is 11.1 Å². The largest absolute Gasteiger partial charge is 0.326 e. The minimum atomic E-state index is -0.403. The van der Waals surface area contributed by atoms with Crippen LogP contribution in [0.5, 0.6) is 0 Å². The van der Waals surface area contributed by atoms with E-state index in [0.717, 1.165) is 4.68 Å². The van der Waals surface area contributed by atoms with Crippen LogP contribution in [-0.4, -0.2) is 15.0 Å². The molecule has 2 N–H and O–H groups in total. The summed E-state index contributed by atoms with van der Waals surface area (Å²) in [7, 11) is 0. The van der Waals surface area contributed by atoms with Crippen molar-refractivity contribution in [1.29, 1.82) is 0 Å². The lowest BCUT2D eigenvalue weighted by Gasteiger charge is -2.07. The van der Waals surface area contributed by atoms with Crippen molar-refractivity contribution in [2.45, 2.75) is 13.1 Å². The number of aromatic nitrogens is 3. The molecule has 0 fully saturated rings. The molecule has 0 bridgehead atoms. The van der Waals surface area contributed by atoms with Gasteiger partial charge >= 0.3 is 0 Å². The van der Waals surface area contributed by atoms with Crippen LogP contribution in [0, 0.1) is 5.82 Å². The van der Waals surface area contributed by atoms with Crippen molar-refractivity contribution >= 4 is 10.9 Å². The van der Waals surface area contributed by atoms with Crippen LogP contribution < -0.4 is 11.3 Å². The number of hydrogen-bond acceptors (Lipinski definition) is 4. The summed E-state index contributed by atoms with van der Waals surface area (Å²) < 4.78 is 15.1. The van der Waals surface area contributed by atoms with E-state index < -0.39 is 5.82 Å². The van der Waals surface area contributed by atoms with Crippen molar-refractivity contribution in [2.75, 3.05) is 0 Å². The van der Waals surface area contributed by atoms with E-state index in [0.29, 0.717) is 22.0 Å². The van der Waals surface area contributed by atoms with Crippen molar-refractivity contribution in [3.63, 3.8) is 0 Å². The molecule has 1 aromatic heterocycles. The molecule has 6 heteroatoms. The van der Waals surface area contributed by atoms with Crippen LogP contribution in [0.4, 0.5) is 4.39 Å². The predicted molar refractivity (Wildman–Crippen MR) is 77.2 cm³/mol. The Morgan fingerprint density at radius 2 is 2.00 bits per heavy atom. The van der Waals surface area contributed by atoms with Crippen molar-refractivity contribution in [3.8, 4) is 0 Å². The SMILES string of the molecule is NCc1ccc(Cn2nnc3ccccc3c2=O)c(F)c1. The first kappa shape index (κ1) is 13.4. The number of benzene rings is 2. The zero-order valence-electron chi connectivity index (χ0n) is 11.2. The number of fused-ring (bicyclic) bond motifs is 1. The molecule has 21 heavy (non-hydrogen) atoms. The van der Waals surface area contributed by atoms with Gasteiger partial charge in [-0.2, -0.15) is 0 Å². The second-order valence-corrected chi connectivity index (χ2v) is 4.70. The van der Waals surface area contributed by atoms with Crippen molar-refractivity contribution in [2.24, 2.45) is 5.73 Å². The number of rotatable bonds is 3. The summed E-state index contributed by atoms with van der Waals surface area (Å²) in [6, 6.07) is 11.6. The third-order valence-corrected chi connectivity index (χ3v) is 3.30. The smallest absolute Gasteiger partial charge is 0.277 e. The molecule has 0 unspecified atom stereocenters. The summed E-state index contributed by atoms with van der Waals surface area (Å²) in [5.41, 5.74) is 6.78. The third-order valence-electron chi connectivity index (χ3n) is 3.30. The summed E-state index contributed by atoms with van der Waals surface area (Å²) in [4.78, 5) is 12.3. The average Bonchev–Trinajstić information content (AvgIpc) is 2.52. The van der Waals surface area contributed by atoms with Crippen LogP contribution in [0.2, 0.25) is 0 Å². The Balaban J connectivity index is 2.02. The van der Waals surface area contributed by atoms with E-state index in [-0.39, 0.29) is 18.6 Å². The molecule has 0 saturated heterocycles. The van der Waals surface area contributed by atoms with Gasteiger partial charge in [-0.15, -0.1) is 5.10 Å². The van der Waals surface area contributed by atoms with Gasteiger partial charge in [-0.1, -0.05) is 29.5 Å². The minimum Gasteiger partial charge on any atom is -0.326 e. The monoisotopic (exact) mass is 284 g/mol. The highest BCUT2D eigenvalue weighted by Crippen LogP contribution is 2.11.